The second kappa shape index (κ2) is 2.25. The number of piperidine rings is 1. The number of aliphatic hydroxyl groups excluding tert-OH is 1. The van der Waals surface area contributed by atoms with E-state index in [1.165, 1.54) is 0 Å². The molecule has 1 aliphatic heterocycles. The third-order valence-electron chi connectivity index (χ3n) is 1.86. The minimum atomic E-state index is -0.870. The average molecular weight is 131 g/mol. The van der Waals surface area contributed by atoms with E-state index in [2.05, 4.69) is 5.32 Å². The Kier molecular flexibility index (Phi) is 1.75. The normalized spacial score (nSPS) is 45.0. The Hall–Kier alpha value is -0.120. The highest BCUT2D eigenvalue weighted by Crippen LogP contribution is 2.16. The van der Waals surface area contributed by atoms with Crippen molar-refractivity contribution in [2.75, 3.05) is 13.1 Å². The highest BCUT2D eigenvalue weighted by Gasteiger charge is 2.32. The van der Waals surface area contributed by atoms with Gasteiger partial charge in [-0.2, -0.15) is 0 Å². The van der Waals surface area contributed by atoms with Crippen molar-refractivity contribution in [1.29, 1.82) is 0 Å². The zero-order valence-corrected chi connectivity index (χ0v) is 5.59. The molecule has 0 radical (unpaired) electrons. The predicted octanol–water partition coefficient (Wildman–Crippen LogP) is -0.908. The zero-order valence-electron chi connectivity index (χ0n) is 5.59. The van der Waals surface area contributed by atoms with Crippen LogP contribution in [-0.2, 0) is 0 Å². The van der Waals surface area contributed by atoms with Gasteiger partial charge in [-0.1, -0.05) is 0 Å². The van der Waals surface area contributed by atoms with E-state index in [1.807, 2.05) is 0 Å². The number of hydrogen-bond acceptors (Lipinski definition) is 3. The van der Waals surface area contributed by atoms with Gasteiger partial charge in [0.25, 0.3) is 0 Å². The van der Waals surface area contributed by atoms with Crippen molar-refractivity contribution in [2.24, 2.45) is 0 Å². The highest BCUT2D eigenvalue weighted by molar-refractivity contribution is 4.87. The molecular formula is C6H13NO2. The summed E-state index contributed by atoms with van der Waals surface area (Å²) in [6, 6.07) is 0. The maximum Gasteiger partial charge on any atom is 0.0948 e. The molecule has 3 N–H and O–H groups in total. The molecule has 3 heteroatoms. The van der Waals surface area contributed by atoms with Crippen LogP contribution in [0.15, 0.2) is 0 Å². The van der Waals surface area contributed by atoms with Crippen molar-refractivity contribution in [3.05, 3.63) is 0 Å². The lowest BCUT2D eigenvalue weighted by Crippen LogP contribution is -2.52. The molecule has 1 fully saturated rings. The third kappa shape index (κ3) is 1.41. The molecular weight excluding hydrogens is 118 g/mol. The Bertz CT molecular complexity index is 103. The molecule has 1 aliphatic rings. The molecule has 0 bridgehead atoms. The van der Waals surface area contributed by atoms with Crippen LogP contribution >= 0.6 is 0 Å². The predicted molar refractivity (Wildman–Crippen MR) is 34.1 cm³/mol. The van der Waals surface area contributed by atoms with Crippen LogP contribution in [0.3, 0.4) is 0 Å². The van der Waals surface area contributed by atoms with Crippen molar-refractivity contribution in [3.63, 3.8) is 0 Å². The standard InChI is InChI=1S/C6H13NO2/c1-6(9)2-3-7-4-5(6)8/h5,7-9H,2-4H2,1H3/t5-,6+/m0/s1. The SMILES string of the molecule is C[C@@]1(O)CCNC[C@@H]1O. The first kappa shape index (κ1) is 6.99. The molecule has 9 heavy (non-hydrogen) atoms. The first-order valence-corrected chi connectivity index (χ1v) is 3.24. The largest absolute Gasteiger partial charge is 0.389 e. The molecule has 0 amide bonds. The Balaban J connectivity index is 2.49. The molecule has 3 nitrogen and oxygen atoms in total. The Morgan fingerprint density at radius 3 is 2.67 bits per heavy atom. The molecule has 0 unspecified atom stereocenters. The van der Waals surface area contributed by atoms with E-state index in [9.17, 15) is 5.11 Å². The molecule has 0 saturated carbocycles. The van der Waals surface area contributed by atoms with E-state index >= 15 is 0 Å². The summed E-state index contributed by atoms with van der Waals surface area (Å²) < 4.78 is 0. The van der Waals surface area contributed by atoms with Gasteiger partial charge in [-0.25, -0.2) is 0 Å². The summed E-state index contributed by atoms with van der Waals surface area (Å²) in [7, 11) is 0. The summed E-state index contributed by atoms with van der Waals surface area (Å²) in [6.45, 7) is 2.97. The minimum Gasteiger partial charge on any atom is -0.389 e. The molecule has 0 aromatic rings. The molecule has 1 rings (SSSR count). The number of β-amino-alcohol motifs (C(OH)–C–C–N with tert-alkyl or cyclic N) is 1. The Morgan fingerprint density at radius 2 is 2.33 bits per heavy atom. The lowest BCUT2D eigenvalue weighted by atomic mass is 9.92. The molecule has 0 aromatic heterocycles. The van der Waals surface area contributed by atoms with Crippen molar-refractivity contribution in [1.82, 2.24) is 5.32 Å². The topological polar surface area (TPSA) is 52.5 Å². The van der Waals surface area contributed by atoms with Crippen LogP contribution in [0, 0.1) is 0 Å². The van der Waals surface area contributed by atoms with Crippen LogP contribution in [0.2, 0.25) is 0 Å². The van der Waals surface area contributed by atoms with Crippen LogP contribution in [-0.4, -0.2) is 35.0 Å². The number of rotatable bonds is 0. The quantitative estimate of drug-likeness (QED) is 0.399. The summed E-state index contributed by atoms with van der Waals surface area (Å²) in [4.78, 5) is 0. The van der Waals surface area contributed by atoms with Gasteiger partial charge in [0.1, 0.15) is 0 Å². The maximum absolute atomic E-state index is 9.35. The van der Waals surface area contributed by atoms with Gasteiger partial charge in [0, 0.05) is 6.54 Å². The monoisotopic (exact) mass is 131 g/mol. The van der Waals surface area contributed by atoms with Gasteiger partial charge >= 0.3 is 0 Å². The van der Waals surface area contributed by atoms with E-state index in [1.54, 1.807) is 6.92 Å². The minimum absolute atomic E-state index is 0.507. The van der Waals surface area contributed by atoms with Crippen LogP contribution in [0.4, 0.5) is 0 Å². The summed E-state index contributed by atoms with van der Waals surface area (Å²) in [5.41, 5.74) is -0.870. The van der Waals surface area contributed by atoms with Gasteiger partial charge in [-0.05, 0) is 19.9 Å². The molecule has 0 aromatic carbocycles. The lowest BCUT2D eigenvalue weighted by molar-refractivity contribution is -0.0783. The van der Waals surface area contributed by atoms with Crippen molar-refractivity contribution in [2.45, 2.75) is 25.0 Å². The lowest BCUT2D eigenvalue weighted by Gasteiger charge is -2.33. The van der Waals surface area contributed by atoms with Gasteiger partial charge < -0.3 is 15.5 Å². The second-order valence-electron chi connectivity index (χ2n) is 2.83. The summed E-state index contributed by atoms with van der Waals surface area (Å²) in [5.74, 6) is 0. The second-order valence-corrected chi connectivity index (χ2v) is 2.83. The van der Waals surface area contributed by atoms with Gasteiger partial charge in [0.15, 0.2) is 0 Å². The number of nitrogens with one attached hydrogen (secondary N) is 1. The third-order valence-corrected chi connectivity index (χ3v) is 1.86. The fourth-order valence-electron chi connectivity index (χ4n) is 0.967. The van der Waals surface area contributed by atoms with E-state index in [4.69, 9.17) is 5.11 Å². The highest BCUT2D eigenvalue weighted by atomic mass is 16.3. The van der Waals surface area contributed by atoms with E-state index < -0.39 is 11.7 Å². The summed E-state index contributed by atoms with van der Waals surface area (Å²) in [5, 5.41) is 21.5. The maximum atomic E-state index is 9.35. The van der Waals surface area contributed by atoms with E-state index in [0.29, 0.717) is 13.0 Å². The van der Waals surface area contributed by atoms with Gasteiger partial charge in [-0.15, -0.1) is 0 Å². The Morgan fingerprint density at radius 1 is 1.67 bits per heavy atom. The molecule has 0 spiro atoms. The number of aliphatic hydroxyl groups is 2. The van der Waals surface area contributed by atoms with Crippen LogP contribution in [0.1, 0.15) is 13.3 Å². The van der Waals surface area contributed by atoms with Gasteiger partial charge in [0.05, 0.1) is 11.7 Å². The fourth-order valence-corrected chi connectivity index (χ4v) is 0.967. The van der Waals surface area contributed by atoms with Gasteiger partial charge in [0.2, 0.25) is 0 Å². The smallest absolute Gasteiger partial charge is 0.0948 e. The Labute approximate surface area is 54.7 Å². The molecule has 2 atom stereocenters. The van der Waals surface area contributed by atoms with Crippen LogP contribution < -0.4 is 5.32 Å². The zero-order chi connectivity index (χ0) is 6.91. The van der Waals surface area contributed by atoms with Crippen molar-refractivity contribution >= 4 is 0 Å². The molecule has 0 aliphatic carbocycles. The first-order valence-electron chi connectivity index (χ1n) is 3.24. The van der Waals surface area contributed by atoms with E-state index in [-0.39, 0.29) is 0 Å². The van der Waals surface area contributed by atoms with E-state index in [0.717, 1.165) is 6.54 Å². The fraction of sp³-hybridized carbons (Fsp3) is 1.00. The van der Waals surface area contributed by atoms with Crippen LogP contribution in [0.25, 0.3) is 0 Å². The number of hydrogen-bond donors (Lipinski definition) is 3. The first-order chi connectivity index (χ1) is 4.13. The van der Waals surface area contributed by atoms with Crippen molar-refractivity contribution < 1.29 is 10.2 Å². The molecule has 1 saturated heterocycles. The molecule has 1 heterocycles. The summed E-state index contributed by atoms with van der Waals surface area (Å²) >= 11 is 0. The van der Waals surface area contributed by atoms with Crippen molar-refractivity contribution in [3.8, 4) is 0 Å². The average Bonchev–Trinajstić information content (AvgIpc) is 1.77. The molecule has 54 valence electrons. The van der Waals surface area contributed by atoms with Crippen LogP contribution in [0.5, 0.6) is 0 Å². The van der Waals surface area contributed by atoms with Gasteiger partial charge in [-0.3, -0.25) is 0 Å². The summed E-state index contributed by atoms with van der Waals surface area (Å²) in [6.07, 6.45) is 0.0278.